The van der Waals surface area contributed by atoms with Gasteiger partial charge in [-0.1, -0.05) is 0 Å². The Labute approximate surface area is 107 Å². The molecule has 7 nitrogen and oxygen atoms in total. The van der Waals surface area contributed by atoms with Crippen LogP contribution in [0.25, 0.3) is 0 Å². The van der Waals surface area contributed by atoms with E-state index >= 15 is 0 Å². The molecule has 0 spiro atoms. The molecular weight excluding hydrogens is 258 g/mol. The highest BCUT2D eigenvalue weighted by Gasteiger charge is 2.19. The van der Waals surface area contributed by atoms with E-state index in [4.69, 9.17) is 9.47 Å². The summed E-state index contributed by atoms with van der Waals surface area (Å²) in [4.78, 5) is 3.79. The molecule has 18 heavy (non-hydrogen) atoms. The van der Waals surface area contributed by atoms with Gasteiger partial charge in [-0.15, -0.1) is 0 Å². The summed E-state index contributed by atoms with van der Waals surface area (Å²) in [5, 5.41) is -0.0169. The molecule has 0 aliphatic rings. The fourth-order valence-electron chi connectivity index (χ4n) is 1.32. The van der Waals surface area contributed by atoms with Gasteiger partial charge in [-0.05, 0) is 13.8 Å². The number of sulfonamides is 1. The summed E-state index contributed by atoms with van der Waals surface area (Å²) in [6, 6.07) is 0. The molecule has 0 bridgehead atoms. The van der Waals surface area contributed by atoms with Gasteiger partial charge in [0.05, 0.1) is 12.9 Å². The van der Waals surface area contributed by atoms with Crippen LogP contribution in [-0.2, 0) is 26.5 Å². The second-order valence-corrected chi connectivity index (χ2v) is 5.28. The summed E-state index contributed by atoms with van der Waals surface area (Å²) in [5.41, 5.74) is 0. The van der Waals surface area contributed by atoms with Gasteiger partial charge in [0.25, 0.3) is 10.0 Å². The first-order valence-electron chi connectivity index (χ1n) is 5.70. The number of ether oxygens (including phenoxy) is 2. The maximum Gasteiger partial charge on any atom is 0.259 e. The van der Waals surface area contributed by atoms with E-state index in [1.807, 2.05) is 13.8 Å². The van der Waals surface area contributed by atoms with Crippen LogP contribution in [0, 0.1) is 0 Å². The van der Waals surface area contributed by atoms with Gasteiger partial charge >= 0.3 is 0 Å². The summed E-state index contributed by atoms with van der Waals surface area (Å²) in [7, 11) is -1.91. The van der Waals surface area contributed by atoms with Crippen LogP contribution in [0.4, 0.5) is 0 Å². The lowest BCUT2D eigenvalue weighted by Crippen LogP contribution is -2.35. The third-order valence-corrected chi connectivity index (χ3v) is 3.41. The Morgan fingerprint density at radius 1 is 1.39 bits per heavy atom. The first-order valence-corrected chi connectivity index (χ1v) is 7.18. The molecule has 0 aliphatic carbocycles. The van der Waals surface area contributed by atoms with Gasteiger partial charge in [-0.2, -0.15) is 0 Å². The van der Waals surface area contributed by atoms with Gasteiger partial charge in [0.1, 0.15) is 0 Å². The monoisotopic (exact) mass is 277 g/mol. The Morgan fingerprint density at radius 2 is 2.00 bits per heavy atom. The van der Waals surface area contributed by atoms with Crippen LogP contribution in [0.15, 0.2) is 17.6 Å². The molecule has 0 fully saturated rings. The molecule has 1 heterocycles. The van der Waals surface area contributed by atoms with Gasteiger partial charge in [0.2, 0.25) is 0 Å². The van der Waals surface area contributed by atoms with Crippen molar-refractivity contribution in [2.45, 2.75) is 25.2 Å². The summed E-state index contributed by atoms with van der Waals surface area (Å²) in [6.07, 6.45) is 2.27. The normalized spacial score (nSPS) is 12.2. The zero-order chi connectivity index (χ0) is 13.6. The van der Waals surface area contributed by atoms with Gasteiger partial charge in [0, 0.05) is 26.5 Å². The quantitative estimate of drug-likeness (QED) is 0.681. The number of hydrogen-bond donors (Lipinski definition) is 1. The molecule has 104 valence electrons. The second kappa shape index (κ2) is 6.83. The van der Waals surface area contributed by atoms with Crippen molar-refractivity contribution in [2.24, 2.45) is 7.05 Å². The first kappa shape index (κ1) is 15.1. The standard InChI is InChI=1S/C10H19N3O4S/c1-4-16-10(17-5-2)6-12-18(14,15)9-7-13(3)8-11-9/h7-8,10,12H,4-6H2,1-3H3. The minimum Gasteiger partial charge on any atom is -0.352 e. The van der Waals surface area contributed by atoms with Crippen molar-refractivity contribution in [2.75, 3.05) is 19.8 Å². The van der Waals surface area contributed by atoms with E-state index in [2.05, 4.69) is 9.71 Å². The van der Waals surface area contributed by atoms with Gasteiger partial charge in [0.15, 0.2) is 11.3 Å². The van der Waals surface area contributed by atoms with Gasteiger partial charge < -0.3 is 14.0 Å². The molecule has 0 aliphatic heterocycles. The minimum atomic E-state index is -3.61. The predicted molar refractivity (Wildman–Crippen MR) is 65.4 cm³/mol. The number of imidazole rings is 1. The van der Waals surface area contributed by atoms with Crippen LogP contribution in [0.3, 0.4) is 0 Å². The number of nitrogens with zero attached hydrogens (tertiary/aromatic N) is 2. The Balaban J connectivity index is 2.60. The minimum absolute atomic E-state index is 0.0169. The largest absolute Gasteiger partial charge is 0.352 e. The van der Waals surface area contributed by atoms with E-state index in [9.17, 15) is 8.42 Å². The van der Waals surface area contributed by atoms with E-state index < -0.39 is 16.3 Å². The number of aryl methyl sites for hydroxylation is 1. The molecule has 1 rings (SSSR count). The Bertz CT molecular complexity index is 451. The van der Waals surface area contributed by atoms with E-state index in [1.54, 1.807) is 11.6 Å². The average molecular weight is 277 g/mol. The molecule has 1 aromatic heterocycles. The van der Waals surface area contributed by atoms with Crippen LogP contribution in [0.1, 0.15) is 13.8 Å². The fourth-order valence-corrected chi connectivity index (χ4v) is 2.31. The molecule has 0 amide bonds. The zero-order valence-corrected chi connectivity index (χ0v) is 11.6. The zero-order valence-electron chi connectivity index (χ0n) is 10.8. The number of aromatic nitrogens is 2. The highest BCUT2D eigenvalue weighted by atomic mass is 32.2. The summed E-state index contributed by atoms with van der Waals surface area (Å²) >= 11 is 0. The molecular formula is C10H19N3O4S. The average Bonchev–Trinajstić information content (AvgIpc) is 2.74. The Kier molecular flexibility index (Phi) is 5.73. The SMILES string of the molecule is CCOC(CNS(=O)(=O)c1cn(C)cn1)OCC. The van der Waals surface area contributed by atoms with Crippen LogP contribution in [0.5, 0.6) is 0 Å². The molecule has 0 atom stereocenters. The van der Waals surface area contributed by atoms with E-state index in [0.717, 1.165) is 0 Å². The maximum atomic E-state index is 11.9. The molecule has 0 saturated carbocycles. The topological polar surface area (TPSA) is 82.5 Å². The lowest BCUT2D eigenvalue weighted by Gasteiger charge is -2.16. The summed E-state index contributed by atoms with van der Waals surface area (Å²) < 4.78 is 38.2. The van der Waals surface area contributed by atoms with Crippen molar-refractivity contribution in [3.63, 3.8) is 0 Å². The molecule has 8 heteroatoms. The second-order valence-electron chi connectivity index (χ2n) is 3.57. The number of hydrogen-bond acceptors (Lipinski definition) is 5. The highest BCUT2D eigenvalue weighted by molar-refractivity contribution is 7.89. The van der Waals surface area contributed by atoms with Crippen molar-refractivity contribution in [1.82, 2.24) is 14.3 Å². The van der Waals surface area contributed by atoms with Crippen molar-refractivity contribution in [3.05, 3.63) is 12.5 Å². The van der Waals surface area contributed by atoms with Gasteiger partial charge in [-0.3, -0.25) is 0 Å². The predicted octanol–water partition coefficient (Wildman–Crippen LogP) is 0.0975. The Hall–Kier alpha value is -0.960. The van der Waals surface area contributed by atoms with Crippen molar-refractivity contribution in [1.29, 1.82) is 0 Å². The van der Waals surface area contributed by atoms with Crippen LogP contribution in [-0.4, -0.2) is 44.0 Å². The van der Waals surface area contributed by atoms with Gasteiger partial charge in [-0.25, -0.2) is 18.1 Å². The third-order valence-electron chi connectivity index (χ3n) is 2.10. The van der Waals surface area contributed by atoms with Crippen LogP contribution in [0.2, 0.25) is 0 Å². The lowest BCUT2D eigenvalue weighted by atomic mass is 10.6. The smallest absolute Gasteiger partial charge is 0.259 e. The van der Waals surface area contributed by atoms with Crippen molar-refractivity contribution < 1.29 is 17.9 Å². The van der Waals surface area contributed by atoms with Crippen LogP contribution < -0.4 is 4.72 Å². The number of nitrogens with one attached hydrogen (secondary N) is 1. The molecule has 0 aromatic carbocycles. The molecule has 0 saturated heterocycles. The van der Waals surface area contributed by atoms with Crippen LogP contribution >= 0.6 is 0 Å². The molecule has 0 unspecified atom stereocenters. The van der Waals surface area contributed by atoms with Crippen molar-refractivity contribution >= 4 is 10.0 Å². The number of rotatable bonds is 8. The summed E-state index contributed by atoms with van der Waals surface area (Å²) in [6.45, 7) is 4.60. The fraction of sp³-hybridized carbons (Fsp3) is 0.700. The first-order chi connectivity index (χ1) is 8.49. The van der Waals surface area contributed by atoms with E-state index in [-0.39, 0.29) is 11.6 Å². The summed E-state index contributed by atoms with van der Waals surface area (Å²) in [5.74, 6) is 0. The Morgan fingerprint density at radius 3 is 2.44 bits per heavy atom. The van der Waals surface area contributed by atoms with E-state index in [0.29, 0.717) is 13.2 Å². The maximum absolute atomic E-state index is 11.9. The van der Waals surface area contributed by atoms with Crippen molar-refractivity contribution in [3.8, 4) is 0 Å². The molecule has 0 radical (unpaired) electrons. The molecule has 1 aromatic rings. The van der Waals surface area contributed by atoms with E-state index in [1.165, 1.54) is 12.5 Å². The third kappa shape index (κ3) is 4.37. The molecule has 1 N–H and O–H groups in total. The lowest BCUT2D eigenvalue weighted by molar-refractivity contribution is -0.130. The highest BCUT2D eigenvalue weighted by Crippen LogP contribution is 2.04.